The lowest BCUT2D eigenvalue weighted by atomic mass is 10.0. The number of hydrogen-bond acceptors (Lipinski definition) is 10. The highest BCUT2D eigenvalue weighted by Crippen LogP contribution is 2.38. The first-order chi connectivity index (χ1) is 18.8. The van der Waals surface area contributed by atoms with Crippen molar-refractivity contribution in [3.05, 3.63) is 52.2 Å². The second-order valence-corrected chi connectivity index (χ2v) is 10.4. The maximum atomic E-state index is 13.2. The summed E-state index contributed by atoms with van der Waals surface area (Å²) >= 11 is 1.35. The molecule has 1 fully saturated rings. The Hall–Kier alpha value is -3.93. The van der Waals surface area contributed by atoms with Gasteiger partial charge < -0.3 is 29.7 Å². The van der Waals surface area contributed by atoms with Gasteiger partial charge in [0.2, 0.25) is 11.7 Å². The van der Waals surface area contributed by atoms with Crippen molar-refractivity contribution in [2.24, 2.45) is 5.92 Å². The number of aromatic nitrogens is 3. The number of carbonyl (C=O) groups is 2. The number of carbonyl (C=O) groups excluding carboxylic acids is 2. The van der Waals surface area contributed by atoms with Gasteiger partial charge in [0.1, 0.15) is 10.7 Å². The number of nitrogens with zero attached hydrogens (tertiary/aromatic N) is 4. The Balaban J connectivity index is 1.40. The Bertz CT molecular complexity index is 1250. The van der Waals surface area contributed by atoms with Crippen LogP contribution in [0.4, 0.5) is 5.95 Å². The second kappa shape index (κ2) is 12.7. The molecule has 0 aliphatic carbocycles. The van der Waals surface area contributed by atoms with E-state index in [0.717, 1.165) is 25.9 Å². The highest BCUT2D eigenvalue weighted by atomic mass is 32.1. The maximum absolute atomic E-state index is 13.2. The molecule has 2 aromatic heterocycles. The van der Waals surface area contributed by atoms with Crippen LogP contribution in [0.25, 0.3) is 0 Å². The van der Waals surface area contributed by atoms with Crippen molar-refractivity contribution in [1.82, 2.24) is 25.6 Å². The van der Waals surface area contributed by atoms with E-state index in [-0.39, 0.29) is 23.8 Å². The molecule has 4 rings (SSSR count). The number of ether oxygens (including phenoxy) is 3. The monoisotopic (exact) mass is 554 g/mol. The molecule has 0 radical (unpaired) electrons. The van der Waals surface area contributed by atoms with Gasteiger partial charge in [0.05, 0.1) is 27.4 Å². The third-order valence-corrected chi connectivity index (χ3v) is 7.49. The quantitative estimate of drug-likeness (QED) is 0.387. The van der Waals surface area contributed by atoms with E-state index in [1.54, 1.807) is 36.0 Å². The summed E-state index contributed by atoms with van der Waals surface area (Å²) in [5, 5.41) is 8.55. The van der Waals surface area contributed by atoms with Crippen molar-refractivity contribution < 1.29 is 23.8 Å². The van der Waals surface area contributed by atoms with E-state index in [2.05, 4.69) is 30.5 Å². The van der Waals surface area contributed by atoms with Crippen LogP contribution in [-0.4, -0.2) is 67.2 Å². The normalized spacial score (nSPS) is 14.6. The summed E-state index contributed by atoms with van der Waals surface area (Å²) in [7, 11) is 4.51. The van der Waals surface area contributed by atoms with Crippen molar-refractivity contribution in [3.8, 4) is 17.2 Å². The first kappa shape index (κ1) is 28.1. The van der Waals surface area contributed by atoms with Gasteiger partial charge in [0.25, 0.3) is 11.8 Å². The molecule has 2 amide bonds. The average molecular weight is 555 g/mol. The number of piperidine rings is 1. The smallest absolute Gasteiger partial charge is 0.270 e. The van der Waals surface area contributed by atoms with Gasteiger partial charge in [-0.15, -0.1) is 11.3 Å². The zero-order chi connectivity index (χ0) is 27.9. The minimum Gasteiger partial charge on any atom is -0.493 e. The van der Waals surface area contributed by atoms with Crippen molar-refractivity contribution in [2.75, 3.05) is 39.3 Å². The fourth-order valence-corrected chi connectivity index (χ4v) is 5.44. The second-order valence-electron chi connectivity index (χ2n) is 9.46. The molecular formula is C27H34N6O5S. The fraction of sp³-hybridized carbons (Fsp3) is 0.444. The van der Waals surface area contributed by atoms with Crippen LogP contribution in [0.5, 0.6) is 17.2 Å². The molecule has 1 aliphatic rings. The molecule has 1 aromatic carbocycles. The first-order valence-corrected chi connectivity index (χ1v) is 13.6. The van der Waals surface area contributed by atoms with Gasteiger partial charge in [-0.2, -0.15) is 0 Å². The number of hydrogen-bond donors (Lipinski definition) is 2. The van der Waals surface area contributed by atoms with E-state index < -0.39 is 6.04 Å². The molecule has 1 saturated heterocycles. The Morgan fingerprint density at radius 1 is 1.00 bits per heavy atom. The summed E-state index contributed by atoms with van der Waals surface area (Å²) < 4.78 is 16.1. The lowest BCUT2D eigenvalue weighted by Crippen LogP contribution is -2.45. The number of amides is 2. The van der Waals surface area contributed by atoms with E-state index in [1.165, 1.54) is 32.7 Å². The third-order valence-electron chi connectivity index (χ3n) is 6.57. The highest BCUT2D eigenvalue weighted by Gasteiger charge is 2.27. The zero-order valence-corrected chi connectivity index (χ0v) is 23.6. The standard InChI is InChI=1S/C27H34N6O5S/c1-16(2)22(32-24(34)17-13-20(36-3)23(38-5)21(14-17)37-4)26-31-19(15-39-26)25(35)30-18-7-11-33(12-8-18)27-28-9-6-10-29-27/h6,9-10,13-16,18,22H,7-8,11-12H2,1-5H3,(H,30,35)(H,32,34). The van der Waals surface area contributed by atoms with Crippen LogP contribution in [0.2, 0.25) is 0 Å². The van der Waals surface area contributed by atoms with Crippen LogP contribution < -0.4 is 29.7 Å². The summed E-state index contributed by atoms with van der Waals surface area (Å²) in [4.78, 5) is 41.5. The predicted molar refractivity (Wildman–Crippen MR) is 148 cm³/mol. The van der Waals surface area contributed by atoms with Gasteiger partial charge >= 0.3 is 0 Å². The van der Waals surface area contributed by atoms with Crippen LogP contribution in [0.15, 0.2) is 36.0 Å². The maximum Gasteiger partial charge on any atom is 0.270 e. The third kappa shape index (κ3) is 6.56. The topological polar surface area (TPSA) is 128 Å². The predicted octanol–water partition coefficient (Wildman–Crippen LogP) is 3.48. The Kier molecular flexibility index (Phi) is 9.18. The molecule has 1 atom stereocenters. The molecule has 3 aromatic rings. The largest absolute Gasteiger partial charge is 0.493 e. The number of benzene rings is 1. The molecule has 0 bridgehead atoms. The van der Waals surface area contributed by atoms with E-state index in [0.29, 0.717) is 39.5 Å². The molecule has 39 heavy (non-hydrogen) atoms. The van der Waals surface area contributed by atoms with Crippen molar-refractivity contribution in [2.45, 2.75) is 38.8 Å². The summed E-state index contributed by atoms with van der Waals surface area (Å²) in [6.07, 6.45) is 5.04. The van der Waals surface area contributed by atoms with Gasteiger partial charge in [0, 0.05) is 42.5 Å². The zero-order valence-electron chi connectivity index (χ0n) is 22.8. The minimum atomic E-state index is -0.391. The summed E-state index contributed by atoms with van der Waals surface area (Å²) in [5.74, 6) is 1.39. The lowest BCUT2D eigenvalue weighted by molar-refractivity contribution is 0.0922. The Morgan fingerprint density at radius 3 is 2.21 bits per heavy atom. The molecule has 1 aliphatic heterocycles. The van der Waals surface area contributed by atoms with Gasteiger partial charge in [-0.1, -0.05) is 13.8 Å². The number of rotatable bonds is 10. The average Bonchev–Trinajstić information content (AvgIpc) is 3.45. The number of methoxy groups -OCH3 is 3. The van der Waals surface area contributed by atoms with Gasteiger partial charge in [-0.05, 0) is 37.0 Å². The van der Waals surface area contributed by atoms with E-state index in [9.17, 15) is 9.59 Å². The van der Waals surface area contributed by atoms with E-state index in [4.69, 9.17) is 14.2 Å². The number of nitrogens with one attached hydrogen (secondary N) is 2. The van der Waals surface area contributed by atoms with Gasteiger partial charge in [-0.3, -0.25) is 9.59 Å². The fourth-order valence-electron chi connectivity index (χ4n) is 4.42. The van der Waals surface area contributed by atoms with Crippen molar-refractivity contribution >= 4 is 29.1 Å². The van der Waals surface area contributed by atoms with Crippen molar-refractivity contribution in [3.63, 3.8) is 0 Å². The minimum absolute atomic E-state index is 0.0302. The molecular weight excluding hydrogens is 520 g/mol. The number of anilines is 1. The SMILES string of the molecule is COc1cc(C(=O)NC(c2nc(C(=O)NC3CCN(c4ncccn4)CC3)cs2)C(C)C)cc(OC)c1OC. The molecule has 0 spiro atoms. The summed E-state index contributed by atoms with van der Waals surface area (Å²) in [5.41, 5.74) is 0.702. The molecule has 12 heteroatoms. The molecule has 11 nitrogen and oxygen atoms in total. The van der Waals surface area contributed by atoms with E-state index in [1.807, 2.05) is 13.8 Å². The summed E-state index contributed by atoms with van der Waals surface area (Å²) in [6, 6.07) is 4.65. The van der Waals surface area contributed by atoms with Crippen LogP contribution >= 0.6 is 11.3 Å². The van der Waals surface area contributed by atoms with Gasteiger partial charge in [0.15, 0.2) is 11.5 Å². The summed E-state index contributed by atoms with van der Waals surface area (Å²) in [6.45, 7) is 5.51. The Labute approximate surface area is 231 Å². The molecule has 2 N–H and O–H groups in total. The lowest BCUT2D eigenvalue weighted by Gasteiger charge is -2.32. The number of thiazole rings is 1. The van der Waals surface area contributed by atoms with Crippen LogP contribution in [0.3, 0.4) is 0 Å². The first-order valence-electron chi connectivity index (χ1n) is 12.7. The molecule has 0 saturated carbocycles. The molecule has 3 heterocycles. The van der Waals surface area contributed by atoms with Crippen molar-refractivity contribution in [1.29, 1.82) is 0 Å². The highest BCUT2D eigenvalue weighted by molar-refractivity contribution is 7.09. The van der Waals surface area contributed by atoms with E-state index >= 15 is 0 Å². The van der Waals surface area contributed by atoms with Crippen LogP contribution in [0.1, 0.15) is 58.6 Å². The molecule has 208 valence electrons. The molecule has 1 unspecified atom stereocenters. The van der Waals surface area contributed by atoms with Crippen LogP contribution in [0, 0.1) is 5.92 Å². The van der Waals surface area contributed by atoms with Gasteiger partial charge in [-0.25, -0.2) is 15.0 Å². The van der Waals surface area contributed by atoms with Crippen LogP contribution in [-0.2, 0) is 0 Å². The Morgan fingerprint density at radius 2 is 1.64 bits per heavy atom.